The number of benzene rings is 1. The van der Waals surface area contributed by atoms with E-state index in [1.165, 1.54) is 18.4 Å². The third kappa shape index (κ3) is 9.49. The van der Waals surface area contributed by atoms with Gasteiger partial charge in [0.05, 0.1) is 61.8 Å². The van der Waals surface area contributed by atoms with E-state index in [2.05, 4.69) is 11.9 Å². The molecule has 11 heteroatoms. The number of nitro benzene ring substituents is 2. The Hall–Kier alpha value is -2.76. The standard InChI is InChI=1S/C16H23N3O8/c1-2-24-7-8-26-11-12-27-10-9-25-6-5-17-15-4-3-14(18(20)21)13-16(15)19(22)23/h2-4,13,17H,1,5-12H2. The van der Waals surface area contributed by atoms with Gasteiger partial charge in [-0.1, -0.05) is 6.58 Å². The first-order chi connectivity index (χ1) is 13.1. The fourth-order valence-corrected chi connectivity index (χ4v) is 1.92. The summed E-state index contributed by atoms with van der Waals surface area (Å²) in [5, 5.41) is 24.5. The third-order valence-corrected chi connectivity index (χ3v) is 3.16. The minimum absolute atomic E-state index is 0.197. The third-order valence-electron chi connectivity index (χ3n) is 3.16. The molecule has 0 aliphatic carbocycles. The Morgan fingerprint density at radius 3 is 2.07 bits per heavy atom. The fraction of sp³-hybridized carbons (Fsp3) is 0.500. The van der Waals surface area contributed by atoms with Crippen molar-refractivity contribution in [2.75, 3.05) is 58.1 Å². The number of non-ortho nitro benzene ring substituents is 1. The molecule has 0 heterocycles. The lowest BCUT2D eigenvalue weighted by molar-refractivity contribution is -0.393. The summed E-state index contributed by atoms with van der Waals surface area (Å²) in [6.45, 7) is 6.58. The van der Waals surface area contributed by atoms with Crippen LogP contribution in [0.4, 0.5) is 17.1 Å². The summed E-state index contributed by atoms with van der Waals surface area (Å²) in [5.74, 6) is 0. The van der Waals surface area contributed by atoms with Gasteiger partial charge in [0.2, 0.25) is 0 Å². The van der Waals surface area contributed by atoms with Gasteiger partial charge in [0.15, 0.2) is 0 Å². The molecule has 150 valence electrons. The van der Waals surface area contributed by atoms with Gasteiger partial charge < -0.3 is 24.3 Å². The highest BCUT2D eigenvalue weighted by atomic mass is 16.6. The molecule has 0 atom stereocenters. The van der Waals surface area contributed by atoms with Crippen molar-refractivity contribution >= 4 is 17.1 Å². The molecule has 0 fully saturated rings. The van der Waals surface area contributed by atoms with Crippen LogP contribution in [-0.2, 0) is 18.9 Å². The largest absolute Gasteiger partial charge is 0.499 e. The predicted molar refractivity (Wildman–Crippen MR) is 96.8 cm³/mol. The van der Waals surface area contributed by atoms with Gasteiger partial charge in [-0.05, 0) is 6.07 Å². The summed E-state index contributed by atoms with van der Waals surface area (Å²) in [4.78, 5) is 20.3. The molecule has 0 amide bonds. The number of rotatable bonds is 16. The van der Waals surface area contributed by atoms with Crippen LogP contribution in [0.3, 0.4) is 0 Å². The van der Waals surface area contributed by atoms with Gasteiger partial charge in [0.25, 0.3) is 11.4 Å². The molecule has 0 unspecified atom stereocenters. The maximum Gasteiger partial charge on any atom is 0.299 e. The van der Waals surface area contributed by atoms with E-state index in [0.717, 1.165) is 6.07 Å². The Labute approximate surface area is 156 Å². The maximum absolute atomic E-state index is 11.0. The molecule has 1 rings (SSSR count). The number of nitrogens with one attached hydrogen (secondary N) is 1. The van der Waals surface area contributed by atoms with Gasteiger partial charge in [0.1, 0.15) is 12.3 Å². The van der Waals surface area contributed by atoms with E-state index in [-0.39, 0.29) is 17.1 Å². The molecule has 0 aliphatic heterocycles. The average molecular weight is 385 g/mol. The first-order valence-corrected chi connectivity index (χ1v) is 8.18. The Morgan fingerprint density at radius 2 is 1.52 bits per heavy atom. The Morgan fingerprint density at radius 1 is 0.926 bits per heavy atom. The van der Waals surface area contributed by atoms with Gasteiger partial charge in [-0.2, -0.15) is 0 Å². The number of hydrogen-bond donors (Lipinski definition) is 1. The fourth-order valence-electron chi connectivity index (χ4n) is 1.92. The lowest BCUT2D eigenvalue weighted by Gasteiger charge is -2.09. The molecule has 0 spiro atoms. The Balaban J connectivity index is 2.12. The summed E-state index contributed by atoms with van der Waals surface area (Å²) >= 11 is 0. The van der Waals surface area contributed by atoms with Crippen LogP contribution in [0, 0.1) is 20.2 Å². The average Bonchev–Trinajstić information content (AvgIpc) is 2.65. The van der Waals surface area contributed by atoms with Crippen molar-refractivity contribution in [2.24, 2.45) is 0 Å². The van der Waals surface area contributed by atoms with Crippen LogP contribution in [0.5, 0.6) is 0 Å². The number of anilines is 1. The summed E-state index contributed by atoms with van der Waals surface area (Å²) in [5.41, 5.74) is -0.494. The second-order valence-corrected chi connectivity index (χ2v) is 5.02. The zero-order valence-corrected chi connectivity index (χ0v) is 14.8. The number of ether oxygens (including phenoxy) is 4. The topological polar surface area (TPSA) is 135 Å². The highest BCUT2D eigenvalue weighted by Crippen LogP contribution is 2.28. The Kier molecular flexibility index (Phi) is 11.1. The first-order valence-electron chi connectivity index (χ1n) is 8.18. The second kappa shape index (κ2) is 13.4. The molecule has 11 nitrogen and oxygen atoms in total. The van der Waals surface area contributed by atoms with Crippen LogP contribution in [0.25, 0.3) is 0 Å². The summed E-state index contributed by atoms with van der Waals surface area (Å²) in [6.07, 6.45) is 1.35. The number of hydrogen-bond acceptors (Lipinski definition) is 9. The minimum atomic E-state index is -0.681. The zero-order valence-electron chi connectivity index (χ0n) is 14.8. The monoisotopic (exact) mass is 385 g/mol. The molecule has 0 radical (unpaired) electrons. The molecular formula is C16H23N3O8. The molecule has 1 aromatic carbocycles. The normalized spacial score (nSPS) is 10.4. The van der Waals surface area contributed by atoms with Crippen molar-refractivity contribution in [1.29, 1.82) is 0 Å². The van der Waals surface area contributed by atoms with Crippen LogP contribution in [0.1, 0.15) is 0 Å². The van der Waals surface area contributed by atoms with Crippen molar-refractivity contribution < 1.29 is 28.8 Å². The van der Waals surface area contributed by atoms with E-state index in [1.54, 1.807) is 0 Å². The van der Waals surface area contributed by atoms with Crippen LogP contribution in [0.15, 0.2) is 31.0 Å². The smallest absolute Gasteiger partial charge is 0.299 e. The molecule has 0 aliphatic rings. The highest BCUT2D eigenvalue weighted by molar-refractivity contribution is 5.65. The molecule has 1 aromatic rings. The van der Waals surface area contributed by atoms with Gasteiger partial charge >= 0.3 is 0 Å². The molecule has 0 aromatic heterocycles. The van der Waals surface area contributed by atoms with Crippen molar-refractivity contribution in [1.82, 2.24) is 0 Å². The quantitative estimate of drug-likeness (QED) is 0.196. The Bertz CT molecular complexity index is 611. The molecule has 0 bridgehead atoms. The van der Waals surface area contributed by atoms with Crippen LogP contribution < -0.4 is 5.32 Å². The van der Waals surface area contributed by atoms with E-state index >= 15 is 0 Å². The molecule has 0 saturated carbocycles. The van der Waals surface area contributed by atoms with Crippen molar-refractivity contribution in [3.05, 3.63) is 51.3 Å². The van der Waals surface area contributed by atoms with Crippen LogP contribution in [0.2, 0.25) is 0 Å². The zero-order chi connectivity index (χ0) is 19.9. The van der Waals surface area contributed by atoms with Crippen molar-refractivity contribution in [2.45, 2.75) is 0 Å². The lowest BCUT2D eigenvalue weighted by atomic mass is 10.2. The van der Waals surface area contributed by atoms with Gasteiger partial charge in [-0.25, -0.2) is 0 Å². The van der Waals surface area contributed by atoms with Gasteiger partial charge in [-0.3, -0.25) is 20.2 Å². The number of nitro groups is 2. The summed E-state index contributed by atoms with van der Waals surface area (Å²) in [7, 11) is 0. The van der Waals surface area contributed by atoms with E-state index < -0.39 is 9.85 Å². The maximum atomic E-state index is 11.0. The molecule has 1 N–H and O–H groups in total. The summed E-state index contributed by atoms with van der Waals surface area (Å²) in [6, 6.07) is 3.43. The molecule has 0 saturated heterocycles. The van der Waals surface area contributed by atoms with E-state index in [0.29, 0.717) is 52.8 Å². The van der Waals surface area contributed by atoms with Crippen LogP contribution >= 0.6 is 0 Å². The van der Waals surface area contributed by atoms with Crippen LogP contribution in [-0.4, -0.2) is 62.6 Å². The first kappa shape index (κ1) is 22.3. The SMILES string of the molecule is C=COCCOCCOCCOCCNc1ccc([N+](=O)[O-])cc1[N+](=O)[O-]. The highest BCUT2D eigenvalue weighted by Gasteiger charge is 2.18. The summed E-state index contributed by atoms with van der Waals surface area (Å²) < 4.78 is 20.8. The van der Waals surface area contributed by atoms with E-state index in [9.17, 15) is 20.2 Å². The van der Waals surface area contributed by atoms with Gasteiger partial charge in [-0.15, -0.1) is 0 Å². The molecule has 27 heavy (non-hydrogen) atoms. The van der Waals surface area contributed by atoms with E-state index in [1.807, 2.05) is 0 Å². The van der Waals surface area contributed by atoms with E-state index in [4.69, 9.17) is 18.9 Å². The van der Waals surface area contributed by atoms with Gasteiger partial charge in [0, 0.05) is 12.6 Å². The van der Waals surface area contributed by atoms with Crippen molar-refractivity contribution in [3.63, 3.8) is 0 Å². The molecular weight excluding hydrogens is 362 g/mol. The minimum Gasteiger partial charge on any atom is -0.499 e. The predicted octanol–water partition coefficient (Wildman–Crippen LogP) is 2.12. The lowest BCUT2D eigenvalue weighted by Crippen LogP contribution is -2.14. The second-order valence-electron chi connectivity index (χ2n) is 5.02. The van der Waals surface area contributed by atoms with Crippen molar-refractivity contribution in [3.8, 4) is 0 Å². The number of nitrogens with zero attached hydrogens (tertiary/aromatic N) is 2.